The molecule has 82 valence electrons. The van der Waals surface area contributed by atoms with Gasteiger partial charge in [0.25, 0.3) is 0 Å². The first-order valence-electron chi connectivity index (χ1n) is 4.81. The van der Waals surface area contributed by atoms with E-state index in [9.17, 15) is 4.79 Å². The first-order chi connectivity index (χ1) is 7.68. The third-order valence-electron chi connectivity index (χ3n) is 2.35. The van der Waals surface area contributed by atoms with Gasteiger partial charge in [-0.15, -0.1) is 0 Å². The van der Waals surface area contributed by atoms with Crippen molar-refractivity contribution in [1.29, 1.82) is 0 Å². The van der Waals surface area contributed by atoms with Crippen LogP contribution in [0.2, 0.25) is 0 Å². The molecule has 0 spiro atoms. The van der Waals surface area contributed by atoms with Crippen LogP contribution in [0.5, 0.6) is 0 Å². The average Bonchev–Trinajstić information content (AvgIpc) is 2.61. The molecule has 5 heteroatoms. The van der Waals surface area contributed by atoms with Crippen LogP contribution < -0.4 is 0 Å². The highest BCUT2D eigenvalue weighted by Gasteiger charge is 2.13. The number of rotatable bonds is 3. The average molecular weight is 217 g/mol. The third-order valence-corrected chi connectivity index (χ3v) is 2.35. The van der Waals surface area contributed by atoms with Gasteiger partial charge in [-0.1, -0.05) is 6.07 Å². The minimum atomic E-state index is -0.867. The molecule has 2 aromatic heterocycles. The molecular formula is C11H11N3O2. The molecule has 0 unspecified atom stereocenters. The van der Waals surface area contributed by atoms with Crippen molar-refractivity contribution in [2.75, 3.05) is 0 Å². The van der Waals surface area contributed by atoms with E-state index in [2.05, 4.69) is 10.1 Å². The van der Waals surface area contributed by atoms with Crippen LogP contribution in [0.25, 0.3) is 11.1 Å². The van der Waals surface area contributed by atoms with Crippen molar-refractivity contribution in [1.82, 2.24) is 14.8 Å². The Kier molecular flexibility index (Phi) is 2.68. The number of carboxylic acid groups (broad SMARTS) is 1. The molecule has 0 aliphatic heterocycles. The number of nitrogens with zero attached hydrogens (tertiary/aromatic N) is 3. The number of carbonyl (C=O) groups is 1. The van der Waals surface area contributed by atoms with E-state index in [-0.39, 0.29) is 6.42 Å². The van der Waals surface area contributed by atoms with E-state index in [0.717, 1.165) is 11.1 Å². The fraction of sp³-hybridized carbons (Fsp3) is 0.182. The van der Waals surface area contributed by atoms with Crippen molar-refractivity contribution in [3.63, 3.8) is 0 Å². The summed E-state index contributed by atoms with van der Waals surface area (Å²) in [5.41, 5.74) is 2.38. The van der Waals surface area contributed by atoms with Crippen molar-refractivity contribution in [3.05, 3.63) is 36.4 Å². The third kappa shape index (κ3) is 1.93. The van der Waals surface area contributed by atoms with E-state index in [1.165, 1.54) is 0 Å². The van der Waals surface area contributed by atoms with E-state index in [0.29, 0.717) is 5.69 Å². The molecule has 0 fully saturated rings. The predicted molar refractivity (Wildman–Crippen MR) is 57.8 cm³/mol. The fourth-order valence-electron chi connectivity index (χ4n) is 1.58. The summed E-state index contributed by atoms with van der Waals surface area (Å²) in [6, 6.07) is 3.70. The number of hydrogen-bond donors (Lipinski definition) is 1. The topological polar surface area (TPSA) is 68.0 Å². The molecule has 0 atom stereocenters. The minimum Gasteiger partial charge on any atom is -0.481 e. The quantitative estimate of drug-likeness (QED) is 0.836. The normalized spacial score (nSPS) is 10.3. The van der Waals surface area contributed by atoms with Gasteiger partial charge < -0.3 is 5.11 Å². The van der Waals surface area contributed by atoms with Crippen LogP contribution in [-0.4, -0.2) is 25.8 Å². The summed E-state index contributed by atoms with van der Waals surface area (Å²) >= 11 is 0. The number of carboxylic acids is 1. The molecule has 0 radical (unpaired) electrons. The van der Waals surface area contributed by atoms with Crippen LogP contribution in [0, 0.1) is 0 Å². The Morgan fingerprint density at radius 2 is 2.31 bits per heavy atom. The number of hydrogen-bond acceptors (Lipinski definition) is 3. The van der Waals surface area contributed by atoms with E-state index in [4.69, 9.17) is 5.11 Å². The summed E-state index contributed by atoms with van der Waals surface area (Å²) < 4.78 is 1.58. The molecule has 0 bridgehead atoms. The summed E-state index contributed by atoms with van der Waals surface area (Å²) in [6.45, 7) is 0. The molecular weight excluding hydrogens is 206 g/mol. The first-order valence-corrected chi connectivity index (χ1v) is 4.81. The molecule has 5 nitrogen and oxygen atoms in total. The molecule has 0 aromatic carbocycles. The Hall–Kier alpha value is -2.17. The molecule has 2 heterocycles. The van der Waals surface area contributed by atoms with Gasteiger partial charge in [-0.2, -0.15) is 5.10 Å². The number of aryl methyl sites for hydroxylation is 1. The highest BCUT2D eigenvalue weighted by Crippen LogP contribution is 2.22. The van der Waals surface area contributed by atoms with Gasteiger partial charge in [0, 0.05) is 30.6 Å². The van der Waals surface area contributed by atoms with Crippen molar-refractivity contribution >= 4 is 5.97 Å². The van der Waals surface area contributed by atoms with Crippen LogP contribution in [-0.2, 0) is 18.3 Å². The smallest absolute Gasteiger partial charge is 0.309 e. The molecule has 16 heavy (non-hydrogen) atoms. The summed E-state index contributed by atoms with van der Waals surface area (Å²) in [7, 11) is 1.73. The lowest BCUT2D eigenvalue weighted by atomic mass is 10.1. The first kappa shape index (κ1) is 10.4. The van der Waals surface area contributed by atoms with Gasteiger partial charge in [0.2, 0.25) is 0 Å². The van der Waals surface area contributed by atoms with Gasteiger partial charge >= 0.3 is 5.97 Å². The summed E-state index contributed by atoms with van der Waals surface area (Å²) in [5.74, 6) is -0.867. The standard InChI is InChI=1S/C11H11N3O2/c1-14-10(5-11(15)16)9(7-13-14)8-3-2-4-12-6-8/h2-4,6-7H,5H2,1H3,(H,15,16). The largest absolute Gasteiger partial charge is 0.481 e. The van der Waals surface area contributed by atoms with Gasteiger partial charge in [0.1, 0.15) is 0 Å². The lowest BCUT2D eigenvalue weighted by molar-refractivity contribution is -0.136. The second kappa shape index (κ2) is 4.14. The number of aliphatic carboxylic acids is 1. The summed E-state index contributed by atoms with van der Waals surface area (Å²) in [6.07, 6.45) is 5.00. The molecule has 0 saturated heterocycles. The number of pyridine rings is 1. The van der Waals surface area contributed by atoms with Gasteiger partial charge in [0.05, 0.1) is 18.3 Å². The Labute approximate surface area is 92.4 Å². The van der Waals surface area contributed by atoms with Gasteiger partial charge in [-0.3, -0.25) is 14.5 Å². The fourth-order valence-corrected chi connectivity index (χ4v) is 1.58. The second-order valence-electron chi connectivity index (χ2n) is 3.44. The molecule has 0 aliphatic carbocycles. The molecule has 2 rings (SSSR count). The van der Waals surface area contributed by atoms with E-state index >= 15 is 0 Å². The van der Waals surface area contributed by atoms with Gasteiger partial charge in [-0.25, -0.2) is 0 Å². The van der Waals surface area contributed by atoms with Crippen molar-refractivity contribution in [2.24, 2.45) is 7.05 Å². The summed E-state index contributed by atoms with van der Waals surface area (Å²) in [5, 5.41) is 12.9. The Morgan fingerprint density at radius 1 is 1.50 bits per heavy atom. The SMILES string of the molecule is Cn1ncc(-c2cccnc2)c1CC(=O)O. The van der Waals surface area contributed by atoms with E-state index < -0.39 is 5.97 Å². The zero-order valence-electron chi connectivity index (χ0n) is 8.79. The van der Waals surface area contributed by atoms with Crippen molar-refractivity contribution in [2.45, 2.75) is 6.42 Å². The Morgan fingerprint density at radius 3 is 2.94 bits per heavy atom. The van der Waals surface area contributed by atoms with E-state index in [1.807, 2.05) is 12.1 Å². The van der Waals surface area contributed by atoms with Crippen LogP contribution in [0.15, 0.2) is 30.7 Å². The molecule has 1 N–H and O–H groups in total. The maximum absolute atomic E-state index is 10.7. The van der Waals surface area contributed by atoms with Crippen LogP contribution in [0.1, 0.15) is 5.69 Å². The lowest BCUT2D eigenvalue weighted by Gasteiger charge is -2.03. The maximum atomic E-state index is 10.7. The lowest BCUT2D eigenvalue weighted by Crippen LogP contribution is -2.07. The zero-order chi connectivity index (χ0) is 11.5. The van der Waals surface area contributed by atoms with Crippen LogP contribution in [0.3, 0.4) is 0 Å². The monoisotopic (exact) mass is 217 g/mol. The Bertz CT molecular complexity index is 505. The second-order valence-corrected chi connectivity index (χ2v) is 3.44. The highest BCUT2D eigenvalue weighted by molar-refractivity contribution is 5.75. The van der Waals surface area contributed by atoms with Crippen molar-refractivity contribution in [3.8, 4) is 11.1 Å². The molecule has 2 aromatic rings. The molecule has 0 amide bonds. The zero-order valence-corrected chi connectivity index (χ0v) is 8.79. The Balaban J connectivity index is 2.46. The number of aromatic nitrogens is 3. The predicted octanol–water partition coefficient (Wildman–Crippen LogP) is 1.11. The maximum Gasteiger partial charge on any atom is 0.309 e. The summed E-state index contributed by atoms with van der Waals surface area (Å²) in [4.78, 5) is 14.8. The van der Waals surface area contributed by atoms with Gasteiger partial charge in [0.15, 0.2) is 0 Å². The van der Waals surface area contributed by atoms with E-state index in [1.54, 1.807) is 30.3 Å². The highest BCUT2D eigenvalue weighted by atomic mass is 16.4. The molecule has 0 saturated carbocycles. The van der Waals surface area contributed by atoms with Gasteiger partial charge in [-0.05, 0) is 6.07 Å². The molecule has 0 aliphatic rings. The minimum absolute atomic E-state index is 0.0409. The van der Waals surface area contributed by atoms with Crippen molar-refractivity contribution < 1.29 is 9.90 Å². The van der Waals surface area contributed by atoms with Crippen LogP contribution in [0.4, 0.5) is 0 Å². The van der Waals surface area contributed by atoms with Crippen LogP contribution >= 0.6 is 0 Å².